The fraction of sp³-hybridized carbons (Fsp3) is 0.429. The topological polar surface area (TPSA) is 95.7 Å². The van der Waals surface area contributed by atoms with Gasteiger partial charge in [0.2, 0.25) is 0 Å². The summed E-state index contributed by atoms with van der Waals surface area (Å²) in [5.41, 5.74) is 0.0103. The zero-order valence-corrected chi connectivity index (χ0v) is 12.1. The number of nitrogens with zero attached hydrogens (tertiary/aromatic N) is 1. The van der Waals surface area contributed by atoms with E-state index in [0.717, 1.165) is 6.07 Å². The van der Waals surface area contributed by atoms with Crippen molar-refractivity contribution in [1.29, 1.82) is 0 Å². The van der Waals surface area contributed by atoms with E-state index in [9.17, 15) is 19.7 Å². The molecular weight excluding hydrogens is 278 g/mol. The number of benzene rings is 1. The molecule has 0 saturated heterocycles. The van der Waals surface area contributed by atoms with Crippen LogP contribution in [0, 0.1) is 10.1 Å². The highest BCUT2D eigenvalue weighted by Crippen LogP contribution is 2.32. The number of carbonyl (C=O) groups is 2. The third-order valence-electron chi connectivity index (χ3n) is 3.09. The quantitative estimate of drug-likeness (QED) is 0.454. The van der Waals surface area contributed by atoms with E-state index in [2.05, 4.69) is 4.74 Å². The molecule has 1 atom stereocenters. The Hall–Kier alpha value is -2.44. The molecule has 0 amide bonds. The molecule has 0 fully saturated rings. The first kappa shape index (κ1) is 16.6. The summed E-state index contributed by atoms with van der Waals surface area (Å²) >= 11 is 0. The van der Waals surface area contributed by atoms with Crippen LogP contribution in [-0.4, -0.2) is 31.1 Å². The van der Waals surface area contributed by atoms with Crippen LogP contribution in [0.3, 0.4) is 0 Å². The summed E-state index contributed by atoms with van der Waals surface area (Å²) in [4.78, 5) is 33.9. The van der Waals surface area contributed by atoms with Crippen LogP contribution in [0.5, 0.6) is 0 Å². The highest BCUT2D eigenvalue weighted by Gasteiger charge is 2.29. The monoisotopic (exact) mass is 295 g/mol. The van der Waals surface area contributed by atoms with Gasteiger partial charge in [-0.3, -0.25) is 14.9 Å². The third-order valence-corrected chi connectivity index (χ3v) is 3.09. The largest absolute Gasteiger partial charge is 0.469 e. The Kier molecular flexibility index (Phi) is 5.83. The van der Waals surface area contributed by atoms with E-state index in [1.54, 1.807) is 0 Å². The maximum absolute atomic E-state index is 11.8. The first-order valence-electron chi connectivity index (χ1n) is 6.40. The SMILES string of the molecule is CCCC(C(=O)OC)c1ccc(C(=O)OC)cc1[N+](=O)[O-]. The van der Waals surface area contributed by atoms with E-state index < -0.39 is 22.8 Å². The smallest absolute Gasteiger partial charge is 0.338 e. The van der Waals surface area contributed by atoms with Crippen molar-refractivity contribution in [2.45, 2.75) is 25.7 Å². The minimum Gasteiger partial charge on any atom is -0.469 e. The molecular formula is C14H17NO6. The summed E-state index contributed by atoms with van der Waals surface area (Å²) in [5.74, 6) is -1.94. The molecule has 1 rings (SSSR count). The van der Waals surface area contributed by atoms with Crippen LogP contribution in [0.4, 0.5) is 5.69 Å². The Balaban J connectivity index is 3.36. The first-order chi connectivity index (χ1) is 9.96. The Morgan fingerprint density at radius 2 is 1.95 bits per heavy atom. The second kappa shape index (κ2) is 7.37. The van der Waals surface area contributed by atoms with Crippen molar-refractivity contribution in [3.63, 3.8) is 0 Å². The molecule has 114 valence electrons. The van der Waals surface area contributed by atoms with E-state index in [-0.39, 0.29) is 16.8 Å². The van der Waals surface area contributed by atoms with Crippen LogP contribution < -0.4 is 0 Å². The summed E-state index contributed by atoms with van der Waals surface area (Å²) < 4.78 is 9.23. The van der Waals surface area contributed by atoms with E-state index in [1.807, 2.05) is 6.92 Å². The summed E-state index contributed by atoms with van der Waals surface area (Å²) in [6.45, 7) is 1.87. The van der Waals surface area contributed by atoms with Crippen LogP contribution >= 0.6 is 0 Å². The molecule has 0 aliphatic carbocycles. The fourth-order valence-corrected chi connectivity index (χ4v) is 2.07. The van der Waals surface area contributed by atoms with Gasteiger partial charge in [0.15, 0.2) is 0 Å². The van der Waals surface area contributed by atoms with Crippen molar-refractivity contribution < 1.29 is 24.0 Å². The van der Waals surface area contributed by atoms with Crippen molar-refractivity contribution in [2.75, 3.05) is 14.2 Å². The number of hydrogen-bond acceptors (Lipinski definition) is 6. The standard InChI is InChI=1S/C14H17NO6/c1-4-5-11(14(17)21-3)10-7-6-9(13(16)20-2)8-12(10)15(18)19/h6-8,11H,4-5H2,1-3H3. The molecule has 0 heterocycles. The minimum atomic E-state index is -0.730. The molecule has 0 aliphatic rings. The molecule has 21 heavy (non-hydrogen) atoms. The van der Waals surface area contributed by atoms with Crippen molar-refractivity contribution in [1.82, 2.24) is 0 Å². The second-order valence-corrected chi connectivity index (χ2v) is 4.39. The summed E-state index contributed by atoms with van der Waals surface area (Å²) in [7, 11) is 2.43. The van der Waals surface area contributed by atoms with Crippen molar-refractivity contribution in [3.05, 3.63) is 39.4 Å². The van der Waals surface area contributed by atoms with E-state index in [4.69, 9.17) is 4.74 Å². The van der Waals surface area contributed by atoms with Gasteiger partial charge in [0.05, 0.1) is 30.6 Å². The Bertz CT molecular complexity index is 554. The lowest BCUT2D eigenvalue weighted by atomic mass is 9.92. The number of ether oxygens (including phenoxy) is 2. The van der Waals surface area contributed by atoms with Gasteiger partial charge in [-0.15, -0.1) is 0 Å². The molecule has 0 aromatic heterocycles. The summed E-state index contributed by atoms with van der Waals surface area (Å²) in [6.07, 6.45) is 1.08. The molecule has 7 nitrogen and oxygen atoms in total. The average Bonchev–Trinajstić information content (AvgIpc) is 2.50. The highest BCUT2D eigenvalue weighted by atomic mass is 16.6. The average molecular weight is 295 g/mol. The normalized spacial score (nSPS) is 11.6. The maximum Gasteiger partial charge on any atom is 0.338 e. The lowest BCUT2D eigenvalue weighted by Crippen LogP contribution is -2.16. The van der Waals surface area contributed by atoms with E-state index >= 15 is 0 Å². The number of nitro groups is 1. The zero-order chi connectivity index (χ0) is 16.0. The van der Waals surface area contributed by atoms with Crippen LogP contribution in [-0.2, 0) is 14.3 Å². The van der Waals surface area contributed by atoms with E-state index in [0.29, 0.717) is 12.8 Å². The molecule has 0 spiro atoms. The molecule has 1 aromatic rings. The van der Waals surface area contributed by atoms with Gasteiger partial charge in [0.25, 0.3) is 5.69 Å². The van der Waals surface area contributed by atoms with Crippen molar-refractivity contribution in [2.24, 2.45) is 0 Å². The number of esters is 2. The molecule has 0 aliphatic heterocycles. The van der Waals surface area contributed by atoms with Gasteiger partial charge in [-0.05, 0) is 12.5 Å². The predicted molar refractivity (Wildman–Crippen MR) is 74.1 cm³/mol. The minimum absolute atomic E-state index is 0.0630. The van der Waals surface area contributed by atoms with Crippen LogP contribution in [0.15, 0.2) is 18.2 Å². The van der Waals surface area contributed by atoms with Crippen LogP contribution in [0.25, 0.3) is 0 Å². The number of carbonyl (C=O) groups excluding carboxylic acids is 2. The van der Waals surface area contributed by atoms with Crippen LogP contribution in [0.1, 0.15) is 41.6 Å². The van der Waals surface area contributed by atoms with Gasteiger partial charge < -0.3 is 9.47 Å². The lowest BCUT2D eigenvalue weighted by Gasteiger charge is -2.14. The molecule has 0 bridgehead atoms. The predicted octanol–water partition coefficient (Wildman–Crippen LogP) is 2.44. The lowest BCUT2D eigenvalue weighted by molar-refractivity contribution is -0.385. The van der Waals surface area contributed by atoms with Gasteiger partial charge in [0.1, 0.15) is 0 Å². The van der Waals surface area contributed by atoms with Crippen molar-refractivity contribution in [3.8, 4) is 0 Å². The van der Waals surface area contributed by atoms with Gasteiger partial charge in [-0.1, -0.05) is 19.4 Å². The molecule has 0 saturated carbocycles. The van der Waals surface area contributed by atoms with Crippen molar-refractivity contribution >= 4 is 17.6 Å². The molecule has 0 radical (unpaired) electrons. The second-order valence-electron chi connectivity index (χ2n) is 4.39. The number of hydrogen-bond donors (Lipinski definition) is 0. The molecule has 1 unspecified atom stereocenters. The third kappa shape index (κ3) is 3.77. The summed E-state index contributed by atoms with van der Waals surface area (Å²) in [5, 5.41) is 11.2. The van der Waals surface area contributed by atoms with Gasteiger partial charge in [-0.25, -0.2) is 4.79 Å². The van der Waals surface area contributed by atoms with Crippen LogP contribution in [0.2, 0.25) is 0 Å². The number of nitro benzene ring substituents is 1. The van der Waals surface area contributed by atoms with E-state index in [1.165, 1.54) is 26.4 Å². The van der Waals surface area contributed by atoms with Gasteiger partial charge in [-0.2, -0.15) is 0 Å². The van der Waals surface area contributed by atoms with Gasteiger partial charge >= 0.3 is 11.9 Å². The molecule has 1 aromatic carbocycles. The maximum atomic E-state index is 11.8. The molecule has 7 heteroatoms. The fourth-order valence-electron chi connectivity index (χ4n) is 2.07. The number of methoxy groups -OCH3 is 2. The Labute approximate surface area is 122 Å². The Morgan fingerprint density at radius 1 is 1.29 bits per heavy atom. The first-order valence-corrected chi connectivity index (χ1v) is 6.40. The number of rotatable bonds is 6. The molecule has 0 N–H and O–H groups in total. The Morgan fingerprint density at radius 3 is 2.43 bits per heavy atom. The summed E-state index contributed by atoms with van der Waals surface area (Å²) in [6, 6.07) is 3.92. The zero-order valence-electron chi connectivity index (χ0n) is 12.1. The highest BCUT2D eigenvalue weighted by molar-refractivity contribution is 5.91. The van der Waals surface area contributed by atoms with Gasteiger partial charge in [0, 0.05) is 11.6 Å².